The Morgan fingerprint density at radius 1 is 0.900 bits per heavy atom. The Hall–Kier alpha value is -1.88. The molecule has 0 amide bonds. The van der Waals surface area contributed by atoms with Gasteiger partial charge < -0.3 is 8.94 Å². The number of thiophene rings is 1. The van der Waals surface area contributed by atoms with Gasteiger partial charge in [-0.05, 0) is 22.9 Å². The second-order valence-corrected chi connectivity index (χ2v) is 4.16. The molecule has 0 saturated heterocycles. The first kappa shape index (κ1) is 16.2. The van der Waals surface area contributed by atoms with Crippen LogP contribution in [0.2, 0.25) is 0 Å². The predicted molar refractivity (Wildman–Crippen MR) is 83.4 cm³/mol. The van der Waals surface area contributed by atoms with Crippen molar-refractivity contribution in [3.8, 4) is 0 Å². The zero-order valence-corrected chi connectivity index (χ0v) is 13.5. The van der Waals surface area contributed by atoms with E-state index in [-0.39, 0.29) is 17.1 Å². The zero-order valence-electron chi connectivity index (χ0n) is 10.5. The van der Waals surface area contributed by atoms with E-state index >= 15 is 0 Å². The first-order valence-electron chi connectivity index (χ1n) is 5.57. The van der Waals surface area contributed by atoms with Crippen LogP contribution >= 0.6 is 11.3 Å². The van der Waals surface area contributed by atoms with E-state index in [9.17, 15) is 0 Å². The average Bonchev–Trinajstić information content (AvgIpc) is 3.22. The van der Waals surface area contributed by atoms with Crippen LogP contribution in [0.3, 0.4) is 0 Å². The second kappa shape index (κ2) is 9.97. The van der Waals surface area contributed by atoms with Crippen LogP contribution in [0.15, 0.2) is 80.9 Å². The third kappa shape index (κ3) is 5.84. The maximum absolute atomic E-state index is 5.12. The van der Waals surface area contributed by atoms with Crippen molar-refractivity contribution >= 4 is 39.4 Å². The number of rotatable bonds is 0. The summed E-state index contributed by atoms with van der Waals surface area (Å²) in [4.78, 5) is 0. The number of hydrogen-bond acceptors (Lipinski definition) is 5. The smallest absolute Gasteiger partial charge is 0.144 e. The van der Waals surface area contributed by atoms with Crippen LogP contribution in [-0.4, -0.2) is 27.4 Å². The van der Waals surface area contributed by atoms with Gasteiger partial charge in [0.15, 0.2) is 0 Å². The number of nitrogens with zero attached hydrogens (tertiary/aromatic N) is 2. The van der Waals surface area contributed by atoms with Gasteiger partial charge in [0, 0.05) is 10.7 Å². The van der Waals surface area contributed by atoms with Crippen LogP contribution in [0.25, 0.3) is 11.0 Å². The molecule has 3 aromatic heterocycles. The Labute approximate surface area is 130 Å². The van der Waals surface area contributed by atoms with Gasteiger partial charge in [0.2, 0.25) is 0 Å². The van der Waals surface area contributed by atoms with Gasteiger partial charge in [-0.15, -0.1) is 5.10 Å². The maximum Gasteiger partial charge on any atom is 0.144 e. The molecule has 4 rings (SSSR count). The van der Waals surface area contributed by atoms with E-state index in [0.29, 0.717) is 0 Å². The molecule has 0 N–H and O–H groups in total. The van der Waals surface area contributed by atoms with Gasteiger partial charge in [0.1, 0.15) is 11.8 Å². The molecule has 0 atom stereocenters. The van der Waals surface area contributed by atoms with E-state index < -0.39 is 0 Å². The Morgan fingerprint density at radius 3 is 2.20 bits per heavy atom. The minimum atomic E-state index is 0. The molecule has 0 bridgehead atoms. The third-order valence-electron chi connectivity index (χ3n) is 2.07. The molecule has 104 valence electrons. The number of para-hydroxylation sites is 1. The molecule has 3 heterocycles. The van der Waals surface area contributed by atoms with Crippen molar-refractivity contribution < 1.29 is 8.94 Å². The average molecular weight is 353 g/mol. The molecule has 0 aliphatic rings. The fourth-order valence-corrected chi connectivity index (χ4v) is 1.72. The number of aromatic nitrogens is 2. The fraction of sp³-hybridized carbons (Fsp3) is 0. The summed E-state index contributed by atoms with van der Waals surface area (Å²) in [6.07, 6.45) is 4.57. The quantitative estimate of drug-likeness (QED) is 0.455. The van der Waals surface area contributed by atoms with E-state index in [1.165, 1.54) is 12.5 Å². The number of benzene rings is 1. The van der Waals surface area contributed by atoms with Gasteiger partial charge in [-0.3, -0.25) is 0 Å². The van der Waals surface area contributed by atoms with E-state index in [0.717, 1.165) is 11.0 Å². The van der Waals surface area contributed by atoms with Crippen molar-refractivity contribution in [3.05, 3.63) is 71.9 Å². The molecular formula is C14H14N2O2SSe. The van der Waals surface area contributed by atoms with Crippen molar-refractivity contribution in [3.63, 3.8) is 0 Å². The summed E-state index contributed by atoms with van der Waals surface area (Å²) in [5.74, 6) is 0. The molecule has 0 saturated carbocycles. The molecule has 20 heavy (non-hydrogen) atoms. The minimum Gasteiger partial charge on any atom is -0.464 e. The summed E-state index contributed by atoms with van der Waals surface area (Å²) in [5, 5.41) is 11.7. The van der Waals surface area contributed by atoms with E-state index in [1.807, 2.05) is 53.2 Å². The Kier molecular flexibility index (Phi) is 8.07. The number of hydrogen-bond donors (Lipinski definition) is 0. The Bertz CT molecular complexity index is 560. The monoisotopic (exact) mass is 354 g/mol. The van der Waals surface area contributed by atoms with Crippen LogP contribution in [0.1, 0.15) is 0 Å². The van der Waals surface area contributed by atoms with Gasteiger partial charge in [-0.25, -0.2) is 0 Å². The van der Waals surface area contributed by atoms with Crippen LogP contribution in [-0.2, 0) is 0 Å². The van der Waals surface area contributed by atoms with Crippen LogP contribution in [0.4, 0.5) is 0 Å². The predicted octanol–water partition coefficient (Wildman–Crippen LogP) is 3.33. The summed E-state index contributed by atoms with van der Waals surface area (Å²) in [5.41, 5.74) is 0.956. The fourth-order valence-electron chi connectivity index (χ4n) is 1.27. The number of furan rings is 1. The first-order valence-corrected chi connectivity index (χ1v) is 6.51. The molecule has 0 fully saturated rings. The van der Waals surface area contributed by atoms with Gasteiger partial charge in [0.05, 0.1) is 12.5 Å². The van der Waals surface area contributed by atoms with Gasteiger partial charge >= 0.3 is 17.1 Å². The molecule has 1 aromatic carbocycles. The molecule has 6 heteroatoms. The Morgan fingerprint density at radius 2 is 1.70 bits per heavy atom. The van der Waals surface area contributed by atoms with Gasteiger partial charge in [-0.1, -0.05) is 30.3 Å². The minimum absolute atomic E-state index is 0. The van der Waals surface area contributed by atoms with Crippen molar-refractivity contribution in [1.82, 2.24) is 10.4 Å². The summed E-state index contributed by atoms with van der Waals surface area (Å²) >= 11 is 1.71. The molecule has 0 aliphatic heterocycles. The van der Waals surface area contributed by atoms with Crippen LogP contribution in [0, 0.1) is 0 Å². The summed E-state index contributed by atoms with van der Waals surface area (Å²) in [6.45, 7) is 0. The maximum atomic E-state index is 5.12. The Balaban J connectivity index is 0.000000158. The second-order valence-electron chi connectivity index (χ2n) is 3.34. The third-order valence-corrected chi connectivity index (χ3v) is 2.70. The van der Waals surface area contributed by atoms with Crippen LogP contribution in [0.5, 0.6) is 0 Å². The SMILES string of the molecule is [SeH2].c1ccc2occc2c1.c1ccsc1.c1conn1. The molecule has 4 nitrogen and oxygen atoms in total. The first-order chi connectivity index (χ1) is 9.47. The van der Waals surface area contributed by atoms with Crippen molar-refractivity contribution in [1.29, 1.82) is 0 Å². The van der Waals surface area contributed by atoms with E-state index in [1.54, 1.807) is 17.6 Å². The number of fused-ring (bicyclic) bond motifs is 1. The molecule has 0 spiro atoms. The molecule has 0 unspecified atom stereocenters. The van der Waals surface area contributed by atoms with E-state index in [2.05, 4.69) is 14.9 Å². The largest absolute Gasteiger partial charge is 0.464 e. The molecule has 4 aromatic rings. The van der Waals surface area contributed by atoms with Crippen LogP contribution < -0.4 is 0 Å². The molecule has 0 aliphatic carbocycles. The summed E-state index contributed by atoms with van der Waals surface area (Å²) in [7, 11) is 0. The van der Waals surface area contributed by atoms with Gasteiger partial charge in [0.25, 0.3) is 0 Å². The zero-order chi connectivity index (χ0) is 13.2. The normalized spacial score (nSPS) is 8.60. The summed E-state index contributed by atoms with van der Waals surface area (Å²) in [6, 6.07) is 13.9. The van der Waals surface area contributed by atoms with Gasteiger partial charge in [-0.2, -0.15) is 11.3 Å². The standard InChI is InChI=1S/C8H6O.C4H4S.C2H2N2O.H2Se/c1-2-4-8-7(3-1)5-6-9-8;1-2-4-5-3-1;1-2-5-4-3-1;/h1-6H;1-4H;1-2H;1H2. The van der Waals surface area contributed by atoms with Crippen molar-refractivity contribution in [2.24, 2.45) is 0 Å². The van der Waals surface area contributed by atoms with E-state index in [4.69, 9.17) is 4.42 Å². The van der Waals surface area contributed by atoms with Crippen molar-refractivity contribution in [2.45, 2.75) is 0 Å². The molecular weight excluding hydrogens is 339 g/mol. The van der Waals surface area contributed by atoms with Crippen molar-refractivity contribution in [2.75, 3.05) is 0 Å². The molecule has 0 radical (unpaired) electrons. The topological polar surface area (TPSA) is 52.1 Å². The summed E-state index contributed by atoms with van der Waals surface area (Å²) < 4.78 is 9.34.